The lowest BCUT2D eigenvalue weighted by Crippen LogP contribution is -2.14. The van der Waals surface area contributed by atoms with Crippen LogP contribution in [0.3, 0.4) is 0 Å². The summed E-state index contributed by atoms with van der Waals surface area (Å²) in [5, 5.41) is 3.28. The number of hydrogen-bond donors (Lipinski definition) is 1. The molecule has 3 heteroatoms. The van der Waals surface area contributed by atoms with E-state index < -0.39 is 0 Å². The lowest BCUT2D eigenvalue weighted by molar-refractivity contribution is 0.0980. The molecule has 1 saturated heterocycles. The van der Waals surface area contributed by atoms with E-state index in [0.29, 0.717) is 12.1 Å². The SMILES string of the molecule is CNC(C)c1cc(C)ccc1OCCCC1CCCO1. The van der Waals surface area contributed by atoms with Crippen molar-refractivity contribution in [3.63, 3.8) is 0 Å². The standard InChI is InChI=1S/C17H27NO2/c1-13-8-9-17(16(12-13)14(2)18-3)20-11-5-7-15-6-4-10-19-15/h8-9,12,14-15,18H,4-7,10-11H2,1-3H3. The molecule has 0 bridgehead atoms. The number of benzene rings is 1. The van der Waals surface area contributed by atoms with Crippen LogP contribution in [0.5, 0.6) is 5.75 Å². The fraction of sp³-hybridized carbons (Fsp3) is 0.647. The van der Waals surface area contributed by atoms with Gasteiger partial charge in [-0.1, -0.05) is 17.7 Å². The van der Waals surface area contributed by atoms with Crippen LogP contribution in [0.15, 0.2) is 18.2 Å². The molecule has 1 N–H and O–H groups in total. The predicted octanol–water partition coefficient (Wildman–Crippen LogP) is 3.61. The molecule has 0 amide bonds. The van der Waals surface area contributed by atoms with Crippen LogP contribution in [0.1, 0.15) is 49.8 Å². The van der Waals surface area contributed by atoms with Gasteiger partial charge in [-0.25, -0.2) is 0 Å². The first kappa shape index (κ1) is 15.3. The van der Waals surface area contributed by atoms with Crippen molar-refractivity contribution in [2.75, 3.05) is 20.3 Å². The summed E-state index contributed by atoms with van der Waals surface area (Å²) in [5.74, 6) is 1.00. The van der Waals surface area contributed by atoms with Crippen LogP contribution in [0.2, 0.25) is 0 Å². The molecular formula is C17H27NO2. The van der Waals surface area contributed by atoms with Crippen molar-refractivity contribution in [2.24, 2.45) is 0 Å². The summed E-state index contributed by atoms with van der Waals surface area (Å²) in [6.07, 6.45) is 5.07. The smallest absolute Gasteiger partial charge is 0.124 e. The highest BCUT2D eigenvalue weighted by Gasteiger charge is 2.15. The van der Waals surface area contributed by atoms with Gasteiger partial charge in [-0.05, 0) is 52.6 Å². The van der Waals surface area contributed by atoms with Gasteiger partial charge in [0.2, 0.25) is 0 Å². The van der Waals surface area contributed by atoms with Gasteiger partial charge in [0.05, 0.1) is 12.7 Å². The number of nitrogens with one attached hydrogen (secondary N) is 1. The van der Waals surface area contributed by atoms with Crippen molar-refractivity contribution in [2.45, 2.75) is 51.7 Å². The van der Waals surface area contributed by atoms with Gasteiger partial charge < -0.3 is 14.8 Å². The van der Waals surface area contributed by atoms with Crippen molar-refractivity contribution in [1.82, 2.24) is 5.32 Å². The maximum absolute atomic E-state index is 5.98. The fourth-order valence-corrected chi connectivity index (χ4v) is 2.66. The molecule has 1 fully saturated rings. The first-order valence-electron chi connectivity index (χ1n) is 7.73. The number of hydrogen-bond acceptors (Lipinski definition) is 3. The topological polar surface area (TPSA) is 30.5 Å². The molecule has 1 aromatic carbocycles. The molecule has 1 aromatic rings. The molecule has 2 rings (SSSR count). The maximum Gasteiger partial charge on any atom is 0.124 e. The summed E-state index contributed by atoms with van der Waals surface area (Å²) < 4.78 is 11.6. The van der Waals surface area contributed by atoms with Gasteiger partial charge in [0.1, 0.15) is 5.75 Å². The van der Waals surface area contributed by atoms with Crippen molar-refractivity contribution >= 4 is 0 Å². The van der Waals surface area contributed by atoms with Crippen LogP contribution in [-0.4, -0.2) is 26.4 Å². The summed E-state index contributed by atoms with van der Waals surface area (Å²) in [4.78, 5) is 0. The number of aryl methyl sites for hydroxylation is 1. The first-order chi connectivity index (χ1) is 9.70. The molecule has 1 aliphatic rings. The van der Waals surface area contributed by atoms with Crippen LogP contribution in [0, 0.1) is 6.92 Å². The van der Waals surface area contributed by atoms with Gasteiger partial charge in [0.25, 0.3) is 0 Å². The van der Waals surface area contributed by atoms with Gasteiger partial charge in [0, 0.05) is 18.2 Å². The van der Waals surface area contributed by atoms with E-state index in [1.807, 2.05) is 7.05 Å². The first-order valence-corrected chi connectivity index (χ1v) is 7.73. The molecule has 3 nitrogen and oxygen atoms in total. The van der Waals surface area contributed by atoms with Crippen molar-refractivity contribution in [1.29, 1.82) is 0 Å². The Morgan fingerprint density at radius 1 is 1.45 bits per heavy atom. The van der Waals surface area contributed by atoms with Crippen LogP contribution >= 0.6 is 0 Å². The highest BCUT2D eigenvalue weighted by atomic mass is 16.5. The molecule has 1 aliphatic heterocycles. The predicted molar refractivity (Wildman–Crippen MR) is 82.4 cm³/mol. The maximum atomic E-state index is 5.98. The van der Waals surface area contributed by atoms with E-state index in [0.717, 1.165) is 31.8 Å². The van der Waals surface area contributed by atoms with E-state index >= 15 is 0 Å². The molecule has 0 aliphatic carbocycles. The second-order valence-electron chi connectivity index (χ2n) is 5.68. The lowest BCUT2D eigenvalue weighted by Gasteiger charge is -2.17. The van der Waals surface area contributed by atoms with Gasteiger partial charge in [0.15, 0.2) is 0 Å². The molecule has 0 spiro atoms. The third-order valence-electron chi connectivity index (χ3n) is 4.02. The average molecular weight is 277 g/mol. The average Bonchev–Trinajstić information content (AvgIpc) is 2.97. The molecule has 0 saturated carbocycles. The molecule has 20 heavy (non-hydrogen) atoms. The summed E-state index contributed by atoms with van der Waals surface area (Å²) in [6, 6.07) is 6.71. The Morgan fingerprint density at radius 2 is 2.30 bits per heavy atom. The summed E-state index contributed by atoms with van der Waals surface area (Å²) in [6.45, 7) is 5.99. The van der Waals surface area contributed by atoms with Crippen molar-refractivity contribution in [3.8, 4) is 5.75 Å². The van der Waals surface area contributed by atoms with Gasteiger partial charge in [-0.15, -0.1) is 0 Å². The molecule has 112 valence electrons. The minimum atomic E-state index is 0.308. The lowest BCUT2D eigenvalue weighted by atomic mass is 10.0. The Kier molecular flexibility index (Phi) is 5.86. The van der Waals surface area contributed by atoms with Gasteiger partial charge >= 0.3 is 0 Å². The van der Waals surface area contributed by atoms with Crippen LogP contribution in [0.4, 0.5) is 0 Å². The van der Waals surface area contributed by atoms with Crippen molar-refractivity contribution in [3.05, 3.63) is 29.3 Å². The summed E-state index contributed by atoms with van der Waals surface area (Å²) in [5.41, 5.74) is 2.51. The van der Waals surface area contributed by atoms with E-state index in [1.54, 1.807) is 0 Å². The molecule has 0 aromatic heterocycles. The van der Waals surface area contributed by atoms with Crippen LogP contribution in [-0.2, 0) is 4.74 Å². The zero-order valence-corrected chi connectivity index (χ0v) is 12.9. The van der Waals surface area contributed by atoms with Gasteiger partial charge in [-0.3, -0.25) is 0 Å². The Morgan fingerprint density at radius 3 is 3.00 bits per heavy atom. The van der Waals surface area contributed by atoms with Crippen LogP contribution < -0.4 is 10.1 Å². The van der Waals surface area contributed by atoms with E-state index in [4.69, 9.17) is 9.47 Å². The zero-order valence-electron chi connectivity index (χ0n) is 12.9. The normalized spacial score (nSPS) is 20.1. The summed E-state index contributed by atoms with van der Waals surface area (Å²) >= 11 is 0. The van der Waals surface area contributed by atoms with E-state index in [9.17, 15) is 0 Å². The van der Waals surface area contributed by atoms with Gasteiger partial charge in [-0.2, -0.15) is 0 Å². The molecule has 0 radical (unpaired) electrons. The Labute approximate surface area is 122 Å². The second-order valence-corrected chi connectivity index (χ2v) is 5.68. The Hall–Kier alpha value is -1.06. The molecule has 1 heterocycles. The fourth-order valence-electron chi connectivity index (χ4n) is 2.66. The molecule has 2 unspecified atom stereocenters. The number of ether oxygens (including phenoxy) is 2. The largest absolute Gasteiger partial charge is 0.493 e. The van der Waals surface area contributed by atoms with E-state index in [2.05, 4.69) is 37.4 Å². The molecular weight excluding hydrogens is 250 g/mol. The Bertz CT molecular complexity index is 413. The third kappa shape index (κ3) is 4.22. The highest BCUT2D eigenvalue weighted by Crippen LogP contribution is 2.26. The number of rotatable bonds is 7. The molecule has 2 atom stereocenters. The zero-order chi connectivity index (χ0) is 14.4. The minimum Gasteiger partial charge on any atom is -0.493 e. The highest BCUT2D eigenvalue weighted by molar-refractivity contribution is 5.38. The third-order valence-corrected chi connectivity index (χ3v) is 4.02. The summed E-state index contributed by atoms with van der Waals surface area (Å²) in [7, 11) is 1.98. The Balaban J connectivity index is 1.84. The minimum absolute atomic E-state index is 0.308. The monoisotopic (exact) mass is 277 g/mol. The second kappa shape index (κ2) is 7.65. The van der Waals surface area contributed by atoms with E-state index in [1.165, 1.54) is 24.0 Å². The quantitative estimate of drug-likeness (QED) is 0.772. The van der Waals surface area contributed by atoms with Crippen molar-refractivity contribution < 1.29 is 9.47 Å². The van der Waals surface area contributed by atoms with Crippen LogP contribution in [0.25, 0.3) is 0 Å². The van der Waals surface area contributed by atoms with E-state index in [-0.39, 0.29) is 0 Å².